The SMILES string of the molecule is CN(CCN1CCCC1)C1CCNCC1. The van der Waals surface area contributed by atoms with Crippen LogP contribution in [0.5, 0.6) is 0 Å². The second-order valence-electron chi connectivity index (χ2n) is 5.01. The molecule has 3 heteroatoms. The number of rotatable bonds is 4. The average Bonchev–Trinajstić information content (AvgIpc) is 2.80. The molecular formula is C12H25N3. The van der Waals surface area contributed by atoms with Crippen LogP contribution in [0, 0.1) is 0 Å². The van der Waals surface area contributed by atoms with E-state index in [9.17, 15) is 0 Å². The van der Waals surface area contributed by atoms with E-state index in [0.29, 0.717) is 0 Å². The van der Waals surface area contributed by atoms with E-state index in [1.54, 1.807) is 0 Å². The lowest BCUT2D eigenvalue weighted by Crippen LogP contribution is -2.43. The molecule has 0 bridgehead atoms. The van der Waals surface area contributed by atoms with Crippen molar-refractivity contribution < 1.29 is 0 Å². The third-order valence-electron chi connectivity index (χ3n) is 3.90. The van der Waals surface area contributed by atoms with Crippen LogP contribution in [0.25, 0.3) is 0 Å². The Kier molecular flexibility index (Phi) is 4.42. The average molecular weight is 211 g/mol. The molecule has 88 valence electrons. The highest BCUT2D eigenvalue weighted by Gasteiger charge is 2.18. The van der Waals surface area contributed by atoms with Gasteiger partial charge in [-0.15, -0.1) is 0 Å². The zero-order chi connectivity index (χ0) is 10.5. The van der Waals surface area contributed by atoms with Crippen molar-refractivity contribution in [1.82, 2.24) is 15.1 Å². The molecule has 0 radical (unpaired) electrons. The summed E-state index contributed by atoms with van der Waals surface area (Å²) in [5.41, 5.74) is 0. The lowest BCUT2D eigenvalue weighted by atomic mass is 10.1. The van der Waals surface area contributed by atoms with Gasteiger partial charge in [0, 0.05) is 19.1 Å². The highest BCUT2D eigenvalue weighted by Crippen LogP contribution is 2.11. The normalized spacial score (nSPS) is 25.2. The van der Waals surface area contributed by atoms with Gasteiger partial charge in [0.1, 0.15) is 0 Å². The minimum Gasteiger partial charge on any atom is -0.317 e. The van der Waals surface area contributed by atoms with E-state index in [0.717, 1.165) is 6.04 Å². The van der Waals surface area contributed by atoms with Crippen LogP contribution in [0.15, 0.2) is 0 Å². The summed E-state index contributed by atoms with van der Waals surface area (Å²) in [6.07, 6.45) is 5.49. The van der Waals surface area contributed by atoms with Gasteiger partial charge in [0.2, 0.25) is 0 Å². The Morgan fingerprint density at radius 1 is 1.20 bits per heavy atom. The van der Waals surface area contributed by atoms with Gasteiger partial charge in [-0.3, -0.25) is 0 Å². The number of hydrogen-bond donors (Lipinski definition) is 1. The van der Waals surface area contributed by atoms with E-state index in [1.807, 2.05) is 0 Å². The second kappa shape index (κ2) is 5.83. The van der Waals surface area contributed by atoms with Gasteiger partial charge in [-0.1, -0.05) is 0 Å². The molecule has 0 aromatic carbocycles. The van der Waals surface area contributed by atoms with Gasteiger partial charge in [-0.25, -0.2) is 0 Å². The van der Waals surface area contributed by atoms with Crippen LogP contribution in [-0.4, -0.2) is 62.2 Å². The Bertz CT molecular complexity index is 172. The summed E-state index contributed by atoms with van der Waals surface area (Å²) in [6, 6.07) is 0.828. The van der Waals surface area contributed by atoms with Gasteiger partial charge >= 0.3 is 0 Å². The maximum absolute atomic E-state index is 3.43. The summed E-state index contributed by atoms with van der Waals surface area (Å²) >= 11 is 0. The summed E-state index contributed by atoms with van der Waals surface area (Å²) in [7, 11) is 2.30. The van der Waals surface area contributed by atoms with Crippen molar-refractivity contribution in [2.75, 3.05) is 46.3 Å². The van der Waals surface area contributed by atoms with Crippen LogP contribution in [-0.2, 0) is 0 Å². The maximum Gasteiger partial charge on any atom is 0.0117 e. The quantitative estimate of drug-likeness (QED) is 0.741. The molecule has 0 saturated carbocycles. The molecule has 0 amide bonds. The van der Waals surface area contributed by atoms with Crippen LogP contribution < -0.4 is 5.32 Å². The summed E-state index contributed by atoms with van der Waals surface area (Å²) < 4.78 is 0. The van der Waals surface area contributed by atoms with E-state index in [1.165, 1.54) is 65.0 Å². The molecule has 0 aliphatic carbocycles. The van der Waals surface area contributed by atoms with Crippen molar-refractivity contribution in [3.8, 4) is 0 Å². The molecule has 3 nitrogen and oxygen atoms in total. The van der Waals surface area contributed by atoms with Crippen molar-refractivity contribution in [2.45, 2.75) is 31.7 Å². The lowest BCUT2D eigenvalue weighted by molar-refractivity contribution is 0.175. The number of piperidine rings is 1. The first-order valence-electron chi connectivity index (χ1n) is 6.49. The standard InChI is InChI=1S/C12H25N3/c1-14(12-4-6-13-7-5-12)10-11-15-8-2-3-9-15/h12-13H,2-11H2,1H3. The molecule has 0 atom stereocenters. The van der Waals surface area contributed by atoms with E-state index < -0.39 is 0 Å². The first-order valence-corrected chi connectivity index (χ1v) is 6.49. The second-order valence-corrected chi connectivity index (χ2v) is 5.01. The third-order valence-corrected chi connectivity index (χ3v) is 3.90. The van der Waals surface area contributed by atoms with Gasteiger partial charge in [0.05, 0.1) is 0 Å². The van der Waals surface area contributed by atoms with Gasteiger partial charge < -0.3 is 15.1 Å². The van der Waals surface area contributed by atoms with E-state index >= 15 is 0 Å². The van der Waals surface area contributed by atoms with Gasteiger partial charge in [0.15, 0.2) is 0 Å². The maximum atomic E-state index is 3.43. The van der Waals surface area contributed by atoms with Gasteiger partial charge in [0.25, 0.3) is 0 Å². The minimum absolute atomic E-state index is 0.828. The van der Waals surface area contributed by atoms with Crippen molar-refractivity contribution >= 4 is 0 Å². The molecule has 2 rings (SSSR count). The predicted molar refractivity (Wildman–Crippen MR) is 64.2 cm³/mol. The molecule has 0 aromatic heterocycles. The Hall–Kier alpha value is -0.120. The zero-order valence-electron chi connectivity index (χ0n) is 10.0. The molecule has 1 N–H and O–H groups in total. The molecule has 2 saturated heterocycles. The van der Waals surface area contributed by atoms with Crippen LogP contribution in [0.3, 0.4) is 0 Å². The number of nitrogens with one attached hydrogen (secondary N) is 1. The molecular weight excluding hydrogens is 186 g/mol. The van der Waals surface area contributed by atoms with Crippen molar-refractivity contribution in [3.63, 3.8) is 0 Å². The lowest BCUT2D eigenvalue weighted by Gasteiger charge is -2.32. The molecule has 2 heterocycles. The molecule has 0 aromatic rings. The molecule has 0 unspecified atom stereocenters. The van der Waals surface area contributed by atoms with Crippen LogP contribution >= 0.6 is 0 Å². The smallest absolute Gasteiger partial charge is 0.0117 e. The Balaban J connectivity index is 1.64. The summed E-state index contributed by atoms with van der Waals surface area (Å²) in [6.45, 7) is 7.61. The molecule has 2 fully saturated rings. The van der Waals surface area contributed by atoms with Crippen LogP contribution in [0.1, 0.15) is 25.7 Å². The topological polar surface area (TPSA) is 18.5 Å². The van der Waals surface area contributed by atoms with Crippen LogP contribution in [0.4, 0.5) is 0 Å². The monoisotopic (exact) mass is 211 g/mol. The number of nitrogens with zero attached hydrogens (tertiary/aromatic N) is 2. The minimum atomic E-state index is 0.828. The fraction of sp³-hybridized carbons (Fsp3) is 1.00. The summed E-state index contributed by atoms with van der Waals surface area (Å²) in [5, 5.41) is 3.43. The van der Waals surface area contributed by atoms with Crippen LogP contribution in [0.2, 0.25) is 0 Å². The number of hydrogen-bond acceptors (Lipinski definition) is 3. The molecule has 0 spiro atoms. The van der Waals surface area contributed by atoms with Gasteiger partial charge in [-0.2, -0.15) is 0 Å². The molecule has 2 aliphatic heterocycles. The summed E-state index contributed by atoms with van der Waals surface area (Å²) in [5.74, 6) is 0. The summed E-state index contributed by atoms with van der Waals surface area (Å²) in [4.78, 5) is 5.18. The highest BCUT2D eigenvalue weighted by atomic mass is 15.2. The fourth-order valence-corrected chi connectivity index (χ4v) is 2.74. The third kappa shape index (κ3) is 3.44. The van der Waals surface area contributed by atoms with Crippen molar-refractivity contribution in [3.05, 3.63) is 0 Å². The fourth-order valence-electron chi connectivity index (χ4n) is 2.74. The van der Waals surface area contributed by atoms with Crippen molar-refractivity contribution in [2.24, 2.45) is 0 Å². The number of likely N-dealkylation sites (tertiary alicyclic amines) is 1. The van der Waals surface area contributed by atoms with Crippen molar-refractivity contribution in [1.29, 1.82) is 0 Å². The Morgan fingerprint density at radius 2 is 1.87 bits per heavy atom. The van der Waals surface area contributed by atoms with E-state index in [-0.39, 0.29) is 0 Å². The largest absolute Gasteiger partial charge is 0.317 e. The van der Waals surface area contributed by atoms with E-state index in [4.69, 9.17) is 0 Å². The molecule has 15 heavy (non-hydrogen) atoms. The first-order chi connectivity index (χ1) is 7.36. The first kappa shape index (κ1) is 11.4. The Morgan fingerprint density at radius 3 is 2.53 bits per heavy atom. The Labute approximate surface area is 93.8 Å². The predicted octanol–water partition coefficient (Wildman–Crippen LogP) is 0.766. The zero-order valence-corrected chi connectivity index (χ0v) is 10.0. The highest BCUT2D eigenvalue weighted by molar-refractivity contribution is 4.77. The van der Waals surface area contributed by atoms with E-state index in [2.05, 4.69) is 22.2 Å². The van der Waals surface area contributed by atoms with Gasteiger partial charge in [-0.05, 0) is 58.9 Å². The number of likely N-dealkylation sites (N-methyl/N-ethyl adjacent to an activating group) is 1. The molecule has 2 aliphatic rings.